The van der Waals surface area contributed by atoms with E-state index in [9.17, 15) is 25.9 Å². The minimum Gasteiger partial charge on any atom is -0.334 e. The van der Waals surface area contributed by atoms with E-state index in [2.05, 4.69) is 72.5 Å². The van der Waals surface area contributed by atoms with Crippen LogP contribution in [0.15, 0.2) is 155 Å². The van der Waals surface area contributed by atoms with Crippen molar-refractivity contribution < 1.29 is 25.9 Å². The Bertz CT molecular complexity index is 2890. The van der Waals surface area contributed by atoms with Gasteiger partial charge in [-0.25, -0.2) is 0 Å². The van der Waals surface area contributed by atoms with Gasteiger partial charge in [-0.2, -0.15) is 16.8 Å². The molecule has 1 aliphatic heterocycles. The SMILES string of the molecule is CCC(/C=C1\Sc2ccc3ccccc3c2N1CC(CS(=O)(=O)O)c1ccccc1)=C\c1sc2ccc3ccccc3c2c1CC(CS(=O)(=O)O)c1ccccc1. The largest absolute Gasteiger partial charge is 0.334 e. The molecule has 8 rings (SSSR count). The predicted molar refractivity (Wildman–Crippen MR) is 238 cm³/mol. The predicted octanol–water partition coefficient (Wildman–Crippen LogP) is 11.3. The molecule has 0 bridgehead atoms. The molecule has 0 fully saturated rings. The van der Waals surface area contributed by atoms with Crippen molar-refractivity contribution in [3.63, 3.8) is 0 Å². The molecule has 6 aromatic carbocycles. The molecule has 7 nitrogen and oxygen atoms in total. The minimum absolute atomic E-state index is 0.315. The summed E-state index contributed by atoms with van der Waals surface area (Å²) >= 11 is 3.30. The highest BCUT2D eigenvalue weighted by molar-refractivity contribution is 8.03. The maximum Gasteiger partial charge on any atom is 0.265 e. The Hall–Kier alpha value is -4.75. The van der Waals surface area contributed by atoms with E-state index in [0.29, 0.717) is 19.4 Å². The van der Waals surface area contributed by atoms with E-state index >= 15 is 0 Å². The summed E-state index contributed by atoms with van der Waals surface area (Å²) in [7, 11) is -8.61. The second-order valence-electron chi connectivity index (χ2n) is 14.4. The Morgan fingerprint density at radius 3 is 1.89 bits per heavy atom. The Morgan fingerprint density at radius 1 is 0.684 bits per heavy atom. The normalized spacial score (nSPS) is 15.5. The van der Waals surface area contributed by atoms with E-state index < -0.39 is 43.6 Å². The van der Waals surface area contributed by atoms with Crippen molar-refractivity contribution in [2.24, 2.45) is 0 Å². The van der Waals surface area contributed by atoms with Crippen LogP contribution >= 0.6 is 23.1 Å². The van der Waals surface area contributed by atoms with Crippen molar-refractivity contribution in [2.45, 2.75) is 36.5 Å². The highest BCUT2D eigenvalue weighted by Gasteiger charge is 2.32. The number of fused-ring (bicyclic) bond motifs is 6. The van der Waals surface area contributed by atoms with Gasteiger partial charge in [-0.15, -0.1) is 11.3 Å². The first-order valence-electron chi connectivity index (χ1n) is 18.8. The number of rotatable bonds is 13. The summed E-state index contributed by atoms with van der Waals surface area (Å²) in [6, 6.07) is 43.8. The van der Waals surface area contributed by atoms with Crippen molar-refractivity contribution in [3.05, 3.63) is 172 Å². The van der Waals surface area contributed by atoms with Crippen molar-refractivity contribution in [3.8, 4) is 0 Å². The second-order valence-corrected chi connectivity index (χ2v) is 19.6. The molecule has 0 saturated heterocycles. The fourth-order valence-corrected chi connectivity index (χ4v) is 12.0. The zero-order valence-corrected chi connectivity index (χ0v) is 34.4. The molecule has 2 unspecified atom stereocenters. The zero-order valence-electron chi connectivity index (χ0n) is 31.2. The van der Waals surface area contributed by atoms with Gasteiger partial charge in [0.05, 0.1) is 22.2 Å². The number of hydrogen-bond donors (Lipinski definition) is 2. The summed E-state index contributed by atoms with van der Waals surface area (Å²) in [5, 5.41) is 6.31. The van der Waals surface area contributed by atoms with Crippen LogP contribution < -0.4 is 4.90 Å². The summed E-state index contributed by atoms with van der Waals surface area (Å²) in [6.45, 7) is 2.42. The third-order valence-electron chi connectivity index (χ3n) is 10.6. The number of anilines is 1. The lowest BCUT2D eigenvalue weighted by atomic mass is 9.90. The molecule has 2 atom stereocenters. The number of thioether (sulfide) groups is 1. The molecular formula is C46H41NO6S4. The molecule has 0 spiro atoms. The van der Waals surface area contributed by atoms with Gasteiger partial charge in [0.25, 0.3) is 20.2 Å². The van der Waals surface area contributed by atoms with Gasteiger partial charge >= 0.3 is 0 Å². The fraction of sp³-hybridized carbons (Fsp3) is 0.174. The van der Waals surface area contributed by atoms with Gasteiger partial charge in [-0.3, -0.25) is 9.11 Å². The van der Waals surface area contributed by atoms with E-state index in [1.807, 2.05) is 84.9 Å². The monoisotopic (exact) mass is 831 g/mol. The molecular weight excluding hydrogens is 791 g/mol. The molecule has 290 valence electrons. The van der Waals surface area contributed by atoms with Crippen LogP contribution in [0.1, 0.15) is 46.7 Å². The first-order chi connectivity index (χ1) is 27.4. The average Bonchev–Trinajstić information content (AvgIpc) is 3.73. The van der Waals surface area contributed by atoms with Gasteiger partial charge < -0.3 is 4.90 Å². The van der Waals surface area contributed by atoms with E-state index in [1.165, 1.54) is 0 Å². The molecule has 0 amide bonds. The van der Waals surface area contributed by atoms with Gasteiger partial charge in [0.2, 0.25) is 0 Å². The molecule has 57 heavy (non-hydrogen) atoms. The molecule has 2 heterocycles. The molecule has 0 saturated carbocycles. The third-order valence-corrected chi connectivity index (χ3v) is 14.5. The zero-order chi connectivity index (χ0) is 39.7. The number of hydrogen-bond acceptors (Lipinski definition) is 7. The van der Waals surface area contributed by atoms with Crippen LogP contribution in [0.3, 0.4) is 0 Å². The topological polar surface area (TPSA) is 112 Å². The van der Waals surface area contributed by atoms with Crippen LogP contribution in [0.2, 0.25) is 0 Å². The molecule has 1 aromatic heterocycles. The van der Waals surface area contributed by atoms with Crippen LogP contribution in [0, 0.1) is 0 Å². The number of allylic oxidation sites excluding steroid dienone is 2. The number of nitrogens with zero attached hydrogens (tertiary/aromatic N) is 1. The standard InChI is InChI=1S/C46H41NO6S4/c1-2-31(25-43-40(27-36(29-56(48,49)50)32-13-5-3-6-14-32)45-38-19-11-9-17-34(38)21-23-41(45)54-43)26-44-47(28-37(30-57(51,52)53)33-15-7-4-8-16-33)46-39-20-12-10-18-35(39)22-24-42(46)55-44/h3-26,36-37H,2,27-30H2,1H3,(H,48,49,50)(H,51,52,53)/b31-25+,44-26-. The first-order valence-corrected chi connectivity index (χ1v) is 23.6. The maximum atomic E-state index is 12.5. The smallest absolute Gasteiger partial charge is 0.265 e. The third kappa shape index (κ3) is 8.74. The summed E-state index contributed by atoms with van der Waals surface area (Å²) in [5.41, 5.74) is 4.72. The Labute approximate surface area is 341 Å². The molecule has 1 aliphatic rings. The average molecular weight is 832 g/mol. The lowest BCUT2D eigenvalue weighted by Gasteiger charge is -2.27. The van der Waals surface area contributed by atoms with Crippen LogP contribution in [0.4, 0.5) is 5.69 Å². The van der Waals surface area contributed by atoms with E-state index in [-0.39, 0.29) is 0 Å². The number of benzene rings is 6. The van der Waals surface area contributed by atoms with Gasteiger partial charge in [0.1, 0.15) is 0 Å². The van der Waals surface area contributed by atoms with E-state index in [1.54, 1.807) is 23.1 Å². The molecule has 11 heteroatoms. The van der Waals surface area contributed by atoms with Gasteiger partial charge in [-0.1, -0.05) is 140 Å². The molecule has 2 N–H and O–H groups in total. The Morgan fingerprint density at radius 2 is 1.25 bits per heavy atom. The highest BCUT2D eigenvalue weighted by Crippen LogP contribution is 2.51. The lowest BCUT2D eigenvalue weighted by Crippen LogP contribution is -2.29. The van der Waals surface area contributed by atoms with Crippen molar-refractivity contribution in [1.29, 1.82) is 0 Å². The van der Waals surface area contributed by atoms with Crippen molar-refractivity contribution in [1.82, 2.24) is 0 Å². The Kier molecular flexibility index (Phi) is 11.1. The lowest BCUT2D eigenvalue weighted by molar-refractivity contribution is 0.474. The van der Waals surface area contributed by atoms with E-state index in [4.69, 9.17) is 0 Å². The summed E-state index contributed by atoms with van der Waals surface area (Å²) in [6.07, 6.45) is 5.45. The van der Waals surface area contributed by atoms with E-state index in [0.717, 1.165) is 74.4 Å². The van der Waals surface area contributed by atoms with Gasteiger partial charge in [-0.05, 0) is 75.5 Å². The summed E-state index contributed by atoms with van der Waals surface area (Å²) < 4.78 is 71.2. The number of thiophene rings is 1. The summed E-state index contributed by atoms with van der Waals surface area (Å²) in [5.74, 6) is -1.84. The first kappa shape index (κ1) is 39.1. The summed E-state index contributed by atoms with van der Waals surface area (Å²) in [4.78, 5) is 4.27. The molecule has 0 radical (unpaired) electrons. The molecule has 0 aliphatic carbocycles. The van der Waals surface area contributed by atoms with Crippen LogP contribution in [0.5, 0.6) is 0 Å². The van der Waals surface area contributed by atoms with Gasteiger partial charge in [0.15, 0.2) is 0 Å². The fourth-order valence-electron chi connectivity index (χ4n) is 7.96. The highest BCUT2D eigenvalue weighted by atomic mass is 32.2. The second kappa shape index (κ2) is 16.2. The van der Waals surface area contributed by atoms with Crippen LogP contribution in [0.25, 0.3) is 37.7 Å². The maximum absolute atomic E-state index is 12.5. The Balaban J connectivity index is 1.28. The van der Waals surface area contributed by atoms with Crippen molar-refractivity contribution >= 4 is 86.7 Å². The van der Waals surface area contributed by atoms with Crippen LogP contribution in [-0.4, -0.2) is 44.0 Å². The van der Waals surface area contributed by atoms with Crippen molar-refractivity contribution in [2.75, 3.05) is 23.0 Å². The quantitative estimate of drug-likeness (QED) is 0.111. The van der Waals surface area contributed by atoms with Crippen LogP contribution in [-0.2, 0) is 26.7 Å². The van der Waals surface area contributed by atoms with Gasteiger partial charge in [0, 0.05) is 43.6 Å². The molecule has 7 aromatic rings. The minimum atomic E-state index is -4.31.